The molecule has 4 aromatic rings. The van der Waals surface area contributed by atoms with Gasteiger partial charge in [0.25, 0.3) is 5.95 Å². The number of fused-ring (bicyclic) bond motifs is 3. The monoisotopic (exact) mass is 340 g/mol. The van der Waals surface area contributed by atoms with Gasteiger partial charge in [-0.1, -0.05) is 42.5 Å². The Bertz CT molecular complexity index is 1110. The molecule has 1 aliphatic carbocycles. The standard InChI is InChI=1S/C22H12O4/c23-21-15-8-4-5-9-16(15)22(24)18-12-19-13(10-17(18)21)11-20(26-19)25-14-6-2-1-3-7-14/h1-12H. The fourth-order valence-corrected chi connectivity index (χ4v) is 3.26. The molecule has 0 unspecified atom stereocenters. The molecule has 0 saturated carbocycles. The molecule has 0 saturated heterocycles. The molecule has 1 heterocycles. The Hall–Kier alpha value is -3.66. The lowest BCUT2D eigenvalue weighted by Gasteiger charge is -2.16. The molecule has 1 aliphatic rings. The Labute approximate surface area is 148 Å². The van der Waals surface area contributed by atoms with Crippen LogP contribution in [0.3, 0.4) is 0 Å². The third kappa shape index (κ3) is 2.16. The number of ether oxygens (including phenoxy) is 1. The predicted octanol–water partition coefficient (Wildman–Crippen LogP) is 5.00. The maximum absolute atomic E-state index is 12.8. The van der Waals surface area contributed by atoms with Crippen molar-refractivity contribution in [1.29, 1.82) is 0 Å². The minimum Gasteiger partial charge on any atom is -0.426 e. The van der Waals surface area contributed by atoms with Gasteiger partial charge >= 0.3 is 0 Å². The number of para-hydroxylation sites is 1. The molecule has 0 fully saturated rings. The zero-order chi connectivity index (χ0) is 17.7. The SMILES string of the molecule is O=C1c2ccccc2C(=O)c2cc3oc(Oc4ccccc4)cc3cc21. The lowest BCUT2D eigenvalue weighted by molar-refractivity contribution is 0.0979. The average molecular weight is 340 g/mol. The molecule has 124 valence electrons. The Morgan fingerprint density at radius 1 is 0.654 bits per heavy atom. The second kappa shape index (κ2) is 5.43. The van der Waals surface area contributed by atoms with E-state index in [4.69, 9.17) is 9.15 Å². The number of rotatable bonds is 2. The van der Waals surface area contributed by atoms with E-state index in [0.717, 1.165) is 5.39 Å². The summed E-state index contributed by atoms with van der Waals surface area (Å²) in [7, 11) is 0. The number of benzene rings is 3. The molecule has 0 aliphatic heterocycles. The van der Waals surface area contributed by atoms with Crippen molar-refractivity contribution in [2.45, 2.75) is 0 Å². The van der Waals surface area contributed by atoms with E-state index in [1.54, 1.807) is 42.5 Å². The van der Waals surface area contributed by atoms with Crippen molar-refractivity contribution in [3.63, 3.8) is 0 Å². The van der Waals surface area contributed by atoms with Crippen LogP contribution < -0.4 is 4.74 Å². The Morgan fingerprint density at radius 2 is 1.27 bits per heavy atom. The van der Waals surface area contributed by atoms with Gasteiger partial charge in [0.15, 0.2) is 11.6 Å². The highest BCUT2D eigenvalue weighted by molar-refractivity contribution is 6.29. The molecule has 1 aromatic heterocycles. The smallest absolute Gasteiger partial charge is 0.290 e. The highest BCUT2D eigenvalue weighted by atomic mass is 16.6. The molecule has 0 bridgehead atoms. The lowest BCUT2D eigenvalue weighted by atomic mass is 9.83. The molecule has 4 heteroatoms. The predicted molar refractivity (Wildman–Crippen MR) is 96.0 cm³/mol. The molecular formula is C22H12O4. The van der Waals surface area contributed by atoms with Crippen LogP contribution in [0.2, 0.25) is 0 Å². The van der Waals surface area contributed by atoms with E-state index < -0.39 is 0 Å². The normalized spacial score (nSPS) is 12.8. The van der Waals surface area contributed by atoms with Crippen LogP contribution in [-0.4, -0.2) is 11.6 Å². The Kier molecular flexibility index (Phi) is 3.06. The minimum absolute atomic E-state index is 0.149. The van der Waals surface area contributed by atoms with Crippen LogP contribution >= 0.6 is 0 Å². The Morgan fingerprint density at radius 3 is 1.96 bits per heavy atom. The largest absolute Gasteiger partial charge is 0.426 e. The van der Waals surface area contributed by atoms with Gasteiger partial charge in [0.2, 0.25) is 0 Å². The van der Waals surface area contributed by atoms with E-state index in [1.165, 1.54) is 0 Å². The molecule has 4 nitrogen and oxygen atoms in total. The highest BCUT2D eigenvalue weighted by Crippen LogP contribution is 2.34. The lowest BCUT2D eigenvalue weighted by Crippen LogP contribution is -2.20. The van der Waals surface area contributed by atoms with Crippen LogP contribution in [-0.2, 0) is 0 Å². The molecule has 26 heavy (non-hydrogen) atoms. The summed E-state index contributed by atoms with van der Waals surface area (Å²) >= 11 is 0. The van der Waals surface area contributed by atoms with Gasteiger partial charge in [-0.3, -0.25) is 9.59 Å². The summed E-state index contributed by atoms with van der Waals surface area (Å²) in [6.07, 6.45) is 0. The van der Waals surface area contributed by atoms with Crippen LogP contribution in [0.25, 0.3) is 11.0 Å². The summed E-state index contributed by atoms with van der Waals surface area (Å²) in [6, 6.07) is 21.2. The van der Waals surface area contributed by atoms with Crippen molar-refractivity contribution < 1.29 is 18.7 Å². The number of hydrogen-bond donors (Lipinski definition) is 0. The van der Waals surface area contributed by atoms with Crippen molar-refractivity contribution in [1.82, 2.24) is 0 Å². The molecule has 3 aromatic carbocycles. The first-order valence-electron chi connectivity index (χ1n) is 8.19. The summed E-state index contributed by atoms with van der Waals surface area (Å²) in [4.78, 5) is 25.6. The molecule has 0 radical (unpaired) electrons. The number of furan rings is 1. The number of carbonyl (C=O) groups excluding carboxylic acids is 2. The first-order valence-corrected chi connectivity index (χ1v) is 8.19. The first-order chi connectivity index (χ1) is 12.7. The van der Waals surface area contributed by atoms with Crippen molar-refractivity contribution >= 4 is 22.5 Å². The van der Waals surface area contributed by atoms with Gasteiger partial charge in [0.1, 0.15) is 11.3 Å². The van der Waals surface area contributed by atoms with E-state index in [2.05, 4.69) is 0 Å². The number of ketones is 2. The quantitative estimate of drug-likeness (QED) is 0.454. The summed E-state index contributed by atoms with van der Waals surface area (Å²) < 4.78 is 11.4. The zero-order valence-corrected chi connectivity index (χ0v) is 13.6. The van der Waals surface area contributed by atoms with Gasteiger partial charge < -0.3 is 9.15 Å². The van der Waals surface area contributed by atoms with Crippen LogP contribution in [0.1, 0.15) is 31.8 Å². The Balaban J connectivity index is 1.63. The molecule has 0 spiro atoms. The maximum atomic E-state index is 12.8. The second-order valence-corrected chi connectivity index (χ2v) is 6.12. The van der Waals surface area contributed by atoms with Gasteiger partial charge in [-0.25, -0.2) is 0 Å². The van der Waals surface area contributed by atoms with Gasteiger partial charge in [0.05, 0.1) is 0 Å². The fourth-order valence-electron chi connectivity index (χ4n) is 3.26. The van der Waals surface area contributed by atoms with Crippen molar-refractivity contribution in [2.24, 2.45) is 0 Å². The van der Waals surface area contributed by atoms with E-state index in [0.29, 0.717) is 39.5 Å². The van der Waals surface area contributed by atoms with Crippen LogP contribution in [0.5, 0.6) is 11.7 Å². The third-order valence-corrected chi connectivity index (χ3v) is 4.50. The average Bonchev–Trinajstić information content (AvgIpc) is 3.07. The van der Waals surface area contributed by atoms with Crippen LogP contribution in [0.4, 0.5) is 0 Å². The van der Waals surface area contributed by atoms with E-state index in [9.17, 15) is 9.59 Å². The van der Waals surface area contributed by atoms with E-state index in [-0.39, 0.29) is 11.6 Å². The number of carbonyl (C=O) groups is 2. The molecule has 0 atom stereocenters. The fraction of sp³-hybridized carbons (Fsp3) is 0. The van der Waals surface area contributed by atoms with Gasteiger partial charge in [-0.15, -0.1) is 0 Å². The second-order valence-electron chi connectivity index (χ2n) is 6.12. The van der Waals surface area contributed by atoms with Crippen molar-refractivity contribution in [3.8, 4) is 11.7 Å². The number of hydrogen-bond acceptors (Lipinski definition) is 4. The third-order valence-electron chi connectivity index (χ3n) is 4.50. The molecule has 0 N–H and O–H groups in total. The van der Waals surface area contributed by atoms with Crippen LogP contribution in [0.15, 0.2) is 77.2 Å². The van der Waals surface area contributed by atoms with Crippen molar-refractivity contribution in [2.75, 3.05) is 0 Å². The highest BCUT2D eigenvalue weighted by Gasteiger charge is 2.30. The van der Waals surface area contributed by atoms with E-state index >= 15 is 0 Å². The van der Waals surface area contributed by atoms with Gasteiger partial charge in [0, 0.05) is 33.7 Å². The summed E-state index contributed by atoms with van der Waals surface area (Å²) in [6.45, 7) is 0. The molecule has 0 amide bonds. The van der Waals surface area contributed by atoms with E-state index in [1.807, 2.05) is 30.3 Å². The summed E-state index contributed by atoms with van der Waals surface area (Å²) in [5, 5.41) is 0.718. The van der Waals surface area contributed by atoms with Gasteiger partial charge in [-0.2, -0.15) is 0 Å². The minimum atomic E-state index is -0.168. The zero-order valence-electron chi connectivity index (χ0n) is 13.6. The summed E-state index contributed by atoms with van der Waals surface area (Å²) in [5.74, 6) is 0.643. The maximum Gasteiger partial charge on any atom is 0.290 e. The summed E-state index contributed by atoms with van der Waals surface area (Å²) in [5.41, 5.74) is 2.13. The van der Waals surface area contributed by atoms with Crippen molar-refractivity contribution in [3.05, 3.63) is 95.1 Å². The molecule has 5 rings (SSSR count). The topological polar surface area (TPSA) is 56.5 Å². The van der Waals surface area contributed by atoms with Gasteiger partial charge in [-0.05, 0) is 24.3 Å². The van der Waals surface area contributed by atoms with Crippen LogP contribution in [0, 0.1) is 0 Å². The molecular weight excluding hydrogens is 328 g/mol. The first kappa shape index (κ1) is 14.7.